The summed E-state index contributed by atoms with van der Waals surface area (Å²) >= 11 is 5.36. The number of carbonyl (C=O) groups is 1. The van der Waals surface area contributed by atoms with Crippen LogP contribution in [0.15, 0.2) is 24.3 Å². The number of halogens is 3. The molecule has 1 aromatic rings. The molecule has 0 atom stereocenters. The Kier molecular flexibility index (Phi) is 7.85. The fourth-order valence-corrected chi connectivity index (χ4v) is 3.11. The van der Waals surface area contributed by atoms with E-state index in [0.29, 0.717) is 31.3 Å². The third-order valence-corrected chi connectivity index (χ3v) is 4.74. The highest BCUT2D eigenvalue weighted by atomic mass is 32.1. The topological polar surface area (TPSA) is 47.6 Å². The van der Waals surface area contributed by atoms with E-state index in [1.54, 1.807) is 0 Å². The summed E-state index contributed by atoms with van der Waals surface area (Å²) in [5.41, 5.74) is -1.05. The standard InChI is InChI=1S/C18H25F3N4OS/c1-2-3-8-22-17(27)25-11-9-24(10-12-25)13-16(26)23-15-7-5-4-6-14(15)18(19,20)21/h4-7H,2-3,8-13H2,1H3,(H,22,27)(H,23,26). The molecule has 0 aliphatic carbocycles. The second-order valence-electron chi connectivity index (χ2n) is 6.44. The molecule has 0 radical (unpaired) electrons. The molecule has 0 aromatic heterocycles. The maximum Gasteiger partial charge on any atom is 0.418 e. The predicted molar refractivity (Wildman–Crippen MR) is 104 cm³/mol. The number of hydrogen-bond acceptors (Lipinski definition) is 3. The van der Waals surface area contributed by atoms with Gasteiger partial charge in [-0.1, -0.05) is 25.5 Å². The van der Waals surface area contributed by atoms with Crippen molar-refractivity contribution >= 4 is 28.9 Å². The van der Waals surface area contributed by atoms with Gasteiger partial charge < -0.3 is 15.5 Å². The van der Waals surface area contributed by atoms with Crippen molar-refractivity contribution in [3.63, 3.8) is 0 Å². The molecule has 0 spiro atoms. The zero-order valence-electron chi connectivity index (χ0n) is 15.3. The summed E-state index contributed by atoms with van der Waals surface area (Å²) in [4.78, 5) is 16.1. The van der Waals surface area contributed by atoms with Crippen LogP contribution in [0.1, 0.15) is 25.3 Å². The smallest absolute Gasteiger partial charge is 0.363 e. The van der Waals surface area contributed by atoms with Gasteiger partial charge in [0.15, 0.2) is 5.11 Å². The second-order valence-corrected chi connectivity index (χ2v) is 6.83. The monoisotopic (exact) mass is 402 g/mol. The van der Waals surface area contributed by atoms with Crippen molar-refractivity contribution in [1.82, 2.24) is 15.1 Å². The number of para-hydroxylation sites is 1. The summed E-state index contributed by atoms with van der Waals surface area (Å²) in [5.74, 6) is -0.455. The second kappa shape index (κ2) is 9.89. The van der Waals surface area contributed by atoms with E-state index in [4.69, 9.17) is 12.2 Å². The molecule has 150 valence electrons. The number of amides is 1. The molecule has 5 nitrogen and oxygen atoms in total. The van der Waals surface area contributed by atoms with Gasteiger partial charge in [-0.05, 0) is 30.8 Å². The lowest BCUT2D eigenvalue weighted by Gasteiger charge is -2.35. The van der Waals surface area contributed by atoms with Crippen LogP contribution in [0, 0.1) is 0 Å². The zero-order valence-corrected chi connectivity index (χ0v) is 16.1. The summed E-state index contributed by atoms with van der Waals surface area (Å²) in [7, 11) is 0. The highest BCUT2D eigenvalue weighted by Crippen LogP contribution is 2.34. The Bertz CT molecular complexity index is 646. The van der Waals surface area contributed by atoms with Crippen molar-refractivity contribution in [2.24, 2.45) is 0 Å². The van der Waals surface area contributed by atoms with E-state index in [2.05, 4.69) is 22.5 Å². The van der Waals surface area contributed by atoms with Gasteiger partial charge in [0.05, 0.1) is 17.8 Å². The fourth-order valence-electron chi connectivity index (χ4n) is 2.83. The molecular weight excluding hydrogens is 377 g/mol. The van der Waals surface area contributed by atoms with Gasteiger partial charge in [0.2, 0.25) is 5.91 Å². The Labute approximate surface area is 162 Å². The van der Waals surface area contributed by atoms with E-state index in [-0.39, 0.29) is 12.2 Å². The van der Waals surface area contributed by atoms with E-state index in [1.165, 1.54) is 18.2 Å². The summed E-state index contributed by atoms with van der Waals surface area (Å²) in [5, 5.41) is 6.31. The Morgan fingerprint density at radius 3 is 2.48 bits per heavy atom. The van der Waals surface area contributed by atoms with Crippen molar-refractivity contribution in [1.29, 1.82) is 0 Å². The maximum absolute atomic E-state index is 13.0. The average molecular weight is 402 g/mol. The van der Waals surface area contributed by atoms with Crippen molar-refractivity contribution in [3.8, 4) is 0 Å². The first-order valence-electron chi connectivity index (χ1n) is 9.02. The zero-order chi connectivity index (χ0) is 19.9. The van der Waals surface area contributed by atoms with Crippen molar-refractivity contribution < 1.29 is 18.0 Å². The summed E-state index contributed by atoms with van der Waals surface area (Å²) in [6.45, 7) is 5.64. The van der Waals surface area contributed by atoms with Gasteiger partial charge in [-0.25, -0.2) is 0 Å². The number of carbonyl (C=O) groups excluding carboxylic acids is 1. The van der Waals surface area contributed by atoms with Crippen molar-refractivity contribution in [3.05, 3.63) is 29.8 Å². The Morgan fingerprint density at radius 1 is 1.19 bits per heavy atom. The van der Waals surface area contributed by atoms with E-state index >= 15 is 0 Å². The summed E-state index contributed by atoms with van der Waals surface area (Å²) in [6, 6.07) is 4.99. The molecule has 1 saturated heterocycles. The van der Waals surface area contributed by atoms with E-state index in [0.717, 1.165) is 25.5 Å². The van der Waals surface area contributed by atoms with Crippen LogP contribution < -0.4 is 10.6 Å². The van der Waals surface area contributed by atoms with Gasteiger partial charge in [-0.3, -0.25) is 9.69 Å². The van der Waals surface area contributed by atoms with Crippen LogP contribution in [0.3, 0.4) is 0 Å². The first-order chi connectivity index (χ1) is 12.8. The third-order valence-electron chi connectivity index (χ3n) is 4.34. The number of unbranched alkanes of at least 4 members (excludes halogenated alkanes) is 1. The van der Waals surface area contributed by atoms with Gasteiger partial charge in [-0.15, -0.1) is 0 Å². The van der Waals surface area contributed by atoms with Crippen LogP contribution >= 0.6 is 12.2 Å². The lowest BCUT2D eigenvalue weighted by Crippen LogP contribution is -2.53. The minimum Gasteiger partial charge on any atom is -0.363 e. The van der Waals surface area contributed by atoms with Crippen LogP contribution in [0.5, 0.6) is 0 Å². The molecule has 1 aliphatic rings. The summed E-state index contributed by atoms with van der Waals surface area (Å²) < 4.78 is 39.0. The number of alkyl halides is 3. The van der Waals surface area contributed by atoms with E-state index in [1.807, 2.05) is 4.90 Å². The SMILES string of the molecule is CCCCNC(=S)N1CCN(CC(=O)Nc2ccccc2C(F)(F)F)CC1. The number of nitrogens with one attached hydrogen (secondary N) is 2. The first kappa shape index (κ1) is 21.4. The van der Waals surface area contributed by atoms with Crippen molar-refractivity contribution in [2.75, 3.05) is 44.6 Å². The van der Waals surface area contributed by atoms with E-state index < -0.39 is 17.6 Å². The van der Waals surface area contributed by atoms with Gasteiger partial charge in [0.1, 0.15) is 0 Å². The first-order valence-corrected chi connectivity index (χ1v) is 9.43. The van der Waals surface area contributed by atoms with Gasteiger partial charge >= 0.3 is 6.18 Å². The normalized spacial score (nSPS) is 15.5. The molecule has 1 aromatic carbocycles. The Morgan fingerprint density at radius 2 is 1.85 bits per heavy atom. The fraction of sp³-hybridized carbons (Fsp3) is 0.556. The molecule has 27 heavy (non-hydrogen) atoms. The quantitative estimate of drug-likeness (QED) is 0.566. The molecule has 1 aliphatic heterocycles. The maximum atomic E-state index is 13.0. The Hall–Kier alpha value is -1.87. The van der Waals surface area contributed by atoms with Crippen LogP contribution in [-0.2, 0) is 11.0 Å². The minimum absolute atomic E-state index is 0.0516. The van der Waals surface area contributed by atoms with Gasteiger partial charge in [0.25, 0.3) is 0 Å². The number of anilines is 1. The number of piperazine rings is 1. The number of rotatable bonds is 6. The lowest BCUT2D eigenvalue weighted by molar-refractivity contribution is -0.137. The van der Waals surface area contributed by atoms with Crippen LogP contribution in [-0.4, -0.2) is 60.1 Å². The highest BCUT2D eigenvalue weighted by Gasteiger charge is 2.33. The number of hydrogen-bond donors (Lipinski definition) is 2. The molecule has 2 N–H and O–H groups in total. The molecule has 0 bridgehead atoms. The van der Waals surface area contributed by atoms with Crippen molar-refractivity contribution in [2.45, 2.75) is 25.9 Å². The predicted octanol–water partition coefficient (Wildman–Crippen LogP) is 2.94. The third kappa shape index (κ3) is 6.66. The van der Waals surface area contributed by atoms with Gasteiger partial charge in [-0.2, -0.15) is 13.2 Å². The molecular formula is C18H25F3N4OS. The number of benzene rings is 1. The molecule has 0 unspecified atom stereocenters. The minimum atomic E-state index is -4.50. The number of thiocarbonyl (C=S) groups is 1. The lowest BCUT2D eigenvalue weighted by atomic mass is 10.1. The van der Waals surface area contributed by atoms with Crippen LogP contribution in [0.2, 0.25) is 0 Å². The number of nitrogens with zero attached hydrogens (tertiary/aromatic N) is 2. The molecule has 0 saturated carbocycles. The van der Waals surface area contributed by atoms with Gasteiger partial charge in [0, 0.05) is 32.7 Å². The van der Waals surface area contributed by atoms with Crippen LogP contribution in [0.25, 0.3) is 0 Å². The van der Waals surface area contributed by atoms with Crippen LogP contribution in [0.4, 0.5) is 18.9 Å². The summed E-state index contributed by atoms with van der Waals surface area (Å²) in [6.07, 6.45) is -2.36. The molecule has 1 heterocycles. The highest BCUT2D eigenvalue weighted by molar-refractivity contribution is 7.80. The van der Waals surface area contributed by atoms with E-state index in [9.17, 15) is 18.0 Å². The molecule has 9 heteroatoms. The molecule has 1 fully saturated rings. The molecule has 1 amide bonds. The average Bonchev–Trinajstić information content (AvgIpc) is 2.62. The Balaban J connectivity index is 1.81. The largest absolute Gasteiger partial charge is 0.418 e. The molecule has 2 rings (SSSR count).